The Labute approximate surface area is 142 Å². The van der Waals surface area contributed by atoms with E-state index in [0.29, 0.717) is 5.92 Å². The molecule has 0 fully saturated rings. The highest BCUT2D eigenvalue weighted by molar-refractivity contribution is 5.33. The van der Waals surface area contributed by atoms with Crippen molar-refractivity contribution in [3.05, 3.63) is 71.3 Å². The Balaban J connectivity index is 2.17. The summed E-state index contributed by atoms with van der Waals surface area (Å²) in [5.41, 5.74) is 4.05. The molecule has 0 unspecified atom stereocenters. The van der Waals surface area contributed by atoms with Crippen LogP contribution in [0.2, 0.25) is 0 Å². The maximum absolute atomic E-state index is 3.48. The van der Waals surface area contributed by atoms with Gasteiger partial charge in [0.2, 0.25) is 0 Å². The van der Waals surface area contributed by atoms with Gasteiger partial charge in [0.1, 0.15) is 0 Å². The van der Waals surface area contributed by atoms with Gasteiger partial charge in [0.05, 0.1) is 0 Å². The molecule has 0 saturated carbocycles. The van der Waals surface area contributed by atoms with Crippen molar-refractivity contribution in [1.82, 2.24) is 4.90 Å². The van der Waals surface area contributed by atoms with Gasteiger partial charge in [-0.2, -0.15) is 0 Å². The normalized spacial score (nSPS) is 12.5. The van der Waals surface area contributed by atoms with E-state index in [4.69, 9.17) is 0 Å². The Bertz CT molecular complexity index is 555. The summed E-state index contributed by atoms with van der Waals surface area (Å²) in [6, 6.07) is 20.9. The molecule has 1 nitrogen and oxygen atoms in total. The van der Waals surface area contributed by atoms with Crippen molar-refractivity contribution >= 4 is 0 Å². The molecule has 0 aliphatic rings. The first-order valence-corrected chi connectivity index (χ1v) is 9.00. The Morgan fingerprint density at radius 1 is 0.957 bits per heavy atom. The van der Waals surface area contributed by atoms with Crippen LogP contribution in [-0.4, -0.2) is 24.5 Å². The van der Waals surface area contributed by atoms with Crippen LogP contribution < -0.4 is 0 Å². The van der Waals surface area contributed by atoms with Crippen molar-refractivity contribution in [2.75, 3.05) is 19.6 Å². The van der Waals surface area contributed by atoms with Crippen molar-refractivity contribution in [2.24, 2.45) is 0 Å². The third kappa shape index (κ3) is 5.51. The van der Waals surface area contributed by atoms with E-state index < -0.39 is 0 Å². The van der Waals surface area contributed by atoms with E-state index in [0.717, 1.165) is 13.0 Å². The Morgan fingerprint density at radius 3 is 2.26 bits per heavy atom. The van der Waals surface area contributed by atoms with Gasteiger partial charge in [-0.1, -0.05) is 67.9 Å². The summed E-state index contributed by atoms with van der Waals surface area (Å²) in [6.45, 7) is 10.3. The van der Waals surface area contributed by atoms with E-state index in [1.54, 1.807) is 0 Å². The summed E-state index contributed by atoms with van der Waals surface area (Å²) in [5, 5.41) is 0. The first-order chi connectivity index (χ1) is 11.2. The maximum Gasteiger partial charge on any atom is 0.0108 e. The summed E-state index contributed by atoms with van der Waals surface area (Å²) in [4.78, 5) is 2.60. The lowest BCUT2D eigenvalue weighted by molar-refractivity contribution is 0.267. The zero-order chi connectivity index (χ0) is 16.5. The Kier molecular flexibility index (Phi) is 7.35. The van der Waals surface area contributed by atoms with Gasteiger partial charge in [0.15, 0.2) is 0 Å². The van der Waals surface area contributed by atoms with E-state index in [9.17, 15) is 0 Å². The molecule has 2 aromatic carbocycles. The lowest BCUT2D eigenvalue weighted by atomic mass is 9.87. The van der Waals surface area contributed by atoms with Gasteiger partial charge in [-0.3, -0.25) is 0 Å². The first-order valence-electron chi connectivity index (χ1n) is 9.00. The van der Waals surface area contributed by atoms with Crippen LogP contribution in [0.5, 0.6) is 0 Å². The molecule has 23 heavy (non-hydrogen) atoms. The van der Waals surface area contributed by atoms with Gasteiger partial charge < -0.3 is 4.90 Å². The molecule has 0 bridgehead atoms. The van der Waals surface area contributed by atoms with Gasteiger partial charge >= 0.3 is 0 Å². The second kappa shape index (κ2) is 9.52. The highest BCUT2D eigenvalue weighted by Crippen LogP contribution is 2.28. The smallest absolute Gasteiger partial charge is 0.0108 e. The molecular weight excluding hydrogens is 278 g/mol. The monoisotopic (exact) mass is 308 g/mol. The molecule has 0 N–H and O–H groups in total. The van der Waals surface area contributed by atoms with E-state index in [-0.39, 0.29) is 0 Å². The number of benzene rings is 2. The highest BCUT2D eigenvalue weighted by atomic mass is 15.1. The Morgan fingerprint density at radius 2 is 1.65 bits per heavy atom. The molecule has 0 heterocycles. The van der Waals surface area contributed by atoms with Crippen LogP contribution in [0.25, 0.3) is 0 Å². The molecule has 0 aliphatic heterocycles. The average Bonchev–Trinajstić information content (AvgIpc) is 2.56. The predicted molar refractivity (Wildman–Crippen MR) is 99.9 cm³/mol. The molecular formula is C22H30N. The highest BCUT2D eigenvalue weighted by Gasteiger charge is 2.16. The number of hydrogen-bond acceptors (Lipinski definition) is 1. The molecule has 123 valence electrons. The van der Waals surface area contributed by atoms with Crippen LogP contribution in [0.4, 0.5) is 0 Å². The lowest BCUT2D eigenvalue weighted by Gasteiger charge is -2.25. The van der Waals surface area contributed by atoms with Crippen LogP contribution in [0.1, 0.15) is 55.7 Å². The average molecular weight is 308 g/mol. The Hall–Kier alpha value is -1.60. The van der Waals surface area contributed by atoms with Crippen molar-refractivity contribution in [2.45, 2.75) is 46.0 Å². The standard InChI is InChI=1S/C22H30N/c1-4-15-23(16-5-2)17-14-22(20-11-7-6-8-12-20)21-13-9-10-19(3)18-21/h6-12,18,22H,4-5,14-17H2,1-3H3/t22-/m0/s1. The molecule has 1 heteroatoms. The summed E-state index contributed by atoms with van der Waals surface area (Å²) in [5.74, 6) is 0.437. The van der Waals surface area contributed by atoms with E-state index in [1.807, 2.05) is 0 Å². The third-order valence-corrected chi connectivity index (χ3v) is 4.37. The van der Waals surface area contributed by atoms with Crippen LogP contribution in [0.3, 0.4) is 0 Å². The second-order valence-corrected chi connectivity index (χ2v) is 6.41. The zero-order valence-corrected chi connectivity index (χ0v) is 14.9. The second-order valence-electron chi connectivity index (χ2n) is 6.41. The molecule has 0 saturated heterocycles. The molecule has 2 aromatic rings. The van der Waals surface area contributed by atoms with Crippen molar-refractivity contribution < 1.29 is 0 Å². The SMILES string of the molecule is CCCN(CCC)CC[C@H](c1[c]ccc(C)c1)c1ccccc1. The molecule has 0 aliphatic carbocycles. The lowest BCUT2D eigenvalue weighted by Crippen LogP contribution is -2.27. The molecule has 1 radical (unpaired) electrons. The van der Waals surface area contributed by atoms with Crippen molar-refractivity contribution in [3.8, 4) is 0 Å². The number of nitrogens with zero attached hydrogens (tertiary/aromatic N) is 1. The third-order valence-electron chi connectivity index (χ3n) is 4.37. The minimum absolute atomic E-state index is 0.437. The number of aryl methyl sites for hydroxylation is 1. The number of rotatable bonds is 9. The van der Waals surface area contributed by atoms with E-state index in [1.165, 1.54) is 42.6 Å². The van der Waals surface area contributed by atoms with Crippen molar-refractivity contribution in [3.63, 3.8) is 0 Å². The van der Waals surface area contributed by atoms with Gasteiger partial charge in [0, 0.05) is 5.92 Å². The summed E-state index contributed by atoms with van der Waals surface area (Å²) in [7, 11) is 0. The van der Waals surface area contributed by atoms with Gasteiger partial charge in [-0.25, -0.2) is 0 Å². The van der Waals surface area contributed by atoms with Gasteiger partial charge in [0.25, 0.3) is 0 Å². The van der Waals surface area contributed by atoms with Crippen molar-refractivity contribution in [1.29, 1.82) is 0 Å². The minimum Gasteiger partial charge on any atom is -0.303 e. The van der Waals surface area contributed by atoms with Gasteiger partial charge in [-0.15, -0.1) is 0 Å². The van der Waals surface area contributed by atoms with Crippen LogP contribution in [0, 0.1) is 13.0 Å². The van der Waals surface area contributed by atoms with Crippen LogP contribution >= 0.6 is 0 Å². The summed E-state index contributed by atoms with van der Waals surface area (Å²) >= 11 is 0. The molecule has 0 spiro atoms. The van der Waals surface area contributed by atoms with Gasteiger partial charge in [-0.05, 0) is 63.0 Å². The fourth-order valence-electron chi connectivity index (χ4n) is 3.27. The maximum atomic E-state index is 3.48. The van der Waals surface area contributed by atoms with E-state index >= 15 is 0 Å². The summed E-state index contributed by atoms with van der Waals surface area (Å²) < 4.78 is 0. The summed E-state index contributed by atoms with van der Waals surface area (Å²) in [6.07, 6.45) is 3.61. The fraction of sp³-hybridized carbons (Fsp3) is 0.455. The minimum atomic E-state index is 0.437. The quantitative estimate of drug-likeness (QED) is 0.596. The van der Waals surface area contributed by atoms with Crippen LogP contribution in [-0.2, 0) is 0 Å². The molecule has 1 atom stereocenters. The molecule has 0 aromatic heterocycles. The van der Waals surface area contributed by atoms with E-state index in [2.05, 4.69) is 80.3 Å². The fourth-order valence-corrected chi connectivity index (χ4v) is 3.27. The predicted octanol–water partition coefficient (Wildman–Crippen LogP) is 5.44. The largest absolute Gasteiger partial charge is 0.303 e. The first kappa shape index (κ1) is 17.7. The number of hydrogen-bond donors (Lipinski definition) is 0. The molecule has 2 rings (SSSR count). The zero-order valence-electron chi connectivity index (χ0n) is 14.9. The van der Waals surface area contributed by atoms with Crippen LogP contribution in [0.15, 0.2) is 48.5 Å². The topological polar surface area (TPSA) is 3.24 Å². The molecule has 0 amide bonds.